The Kier molecular flexibility index (Phi) is 4.19. The molecule has 0 aliphatic heterocycles. The van der Waals surface area contributed by atoms with Gasteiger partial charge in [-0.05, 0) is 19.8 Å². The van der Waals surface area contributed by atoms with E-state index in [9.17, 15) is 5.11 Å². The number of hydrogen-bond acceptors (Lipinski definition) is 6. The first-order chi connectivity index (χ1) is 10.3. The number of aliphatic hydroxyl groups is 1. The summed E-state index contributed by atoms with van der Waals surface area (Å²) < 4.78 is 0. The van der Waals surface area contributed by atoms with E-state index in [4.69, 9.17) is 0 Å². The number of rotatable bonds is 4. The van der Waals surface area contributed by atoms with Crippen molar-refractivity contribution < 1.29 is 5.11 Å². The number of aromatic amines is 1. The zero-order valence-corrected chi connectivity index (χ0v) is 12.3. The molecule has 114 valence electrons. The van der Waals surface area contributed by atoms with Gasteiger partial charge in [-0.25, -0.2) is 0 Å². The fraction of sp³-hybridized carbons (Fsp3) is 0.643. The minimum Gasteiger partial charge on any atom is -0.391 e. The first kappa shape index (κ1) is 14.1. The van der Waals surface area contributed by atoms with Crippen molar-refractivity contribution in [3.05, 3.63) is 6.20 Å². The average Bonchev–Trinajstić information content (AvgIpc) is 2.85. The summed E-state index contributed by atoms with van der Waals surface area (Å²) in [7, 11) is 0. The average molecular weight is 290 g/mol. The van der Waals surface area contributed by atoms with Gasteiger partial charge in [-0.1, -0.05) is 19.3 Å². The van der Waals surface area contributed by atoms with Gasteiger partial charge in [0.25, 0.3) is 0 Å². The van der Waals surface area contributed by atoms with Crippen LogP contribution in [0.25, 0.3) is 11.0 Å². The van der Waals surface area contributed by atoms with Crippen molar-refractivity contribution in [3.63, 3.8) is 0 Å². The number of nitrogens with zero attached hydrogens (tertiary/aromatic N) is 3. The van der Waals surface area contributed by atoms with Crippen LogP contribution in [-0.2, 0) is 0 Å². The van der Waals surface area contributed by atoms with Crippen LogP contribution in [0.1, 0.15) is 39.0 Å². The summed E-state index contributed by atoms with van der Waals surface area (Å²) in [5, 5.41) is 24.5. The topological polar surface area (TPSA) is 98.8 Å². The maximum absolute atomic E-state index is 10.3. The molecular weight excluding hydrogens is 268 g/mol. The van der Waals surface area contributed by atoms with Crippen LogP contribution in [0.15, 0.2) is 6.20 Å². The molecule has 2 aromatic rings. The van der Waals surface area contributed by atoms with Crippen molar-refractivity contribution in [2.24, 2.45) is 0 Å². The molecule has 0 amide bonds. The third-order valence-corrected chi connectivity index (χ3v) is 3.95. The molecule has 1 aliphatic carbocycles. The van der Waals surface area contributed by atoms with Crippen molar-refractivity contribution >= 4 is 22.8 Å². The van der Waals surface area contributed by atoms with Crippen LogP contribution in [0.4, 0.5) is 11.8 Å². The lowest BCUT2D eigenvalue weighted by Crippen LogP contribution is -2.33. The number of aromatic nitrogens is 4. The van der Waals surface area contributed by atoms with E-state index in [1.807, 2.05) is 6.92 Å². The second kappa shape index (κ2) is 6.26. The van der Waals surface area contributed by atoms with Crippen LogP contribution in [0, 0.1) is 0 Å². The van der Waals surface area contributed by atoms with E-state index in [0.29, 0.717) is 11.6 Å². The molecule has 1 aliphatic rings. The molecule has 1 saturated carbocycles. The summed E-state index contributed by atoms with van der Waals surface area (Å²) in [4.78, 5) is 8.89. The van der Waals surface area contributed by atoms with Gasteiger partial charge in [0.05, 0.1) is 23.7 Å². The molecule has 7 nitrogen and oxygen atoms in total. The van der Waals surface area contributed by atoms with Gasteiger partial charge in [0.15, 0.2) is 5.65 Å². The molecule has 0 saturated heterocycles. The van der Waals surface area contributed by atoms with E-state index in [1.165, 1.54) is 6.42 Å². The Morgan fingerprint density at radius 1 is 1.29 bits per heavy atom. The standard InChI is InChI=1S/C14H22N6O/c1-2-15-14-18-12(9-8-16-20-13(9)19-14)17-10-6-4-3-5-7-11(10)21/h8,10-11,21H,2-7H2,1H3,(H3,15,16,17,18,19,20). The minimum atomic E-state index is -0.327. The Labute approximate surface area is 123 Å². The molecule has 0 radical (unpaired) electrons. The summed E-state index contributed by atoms with van der Waals surface area (Å²) in [5.74, 6) is 1.30. The number of nitrogens with one attached hydrogen (secondary N) is 3. The molecule has 2 heterocycles. The highest BCUT2D eigenvalue weighted by atomic mass is 16.3. The molecule has 4 N–H and O–H groups in total. The predicted octanol–water partition coefficient (Wildman–Crippen LogP) is 1.89. The van der Waals surface area contributed by atoms with Crippen LogP contribution >= 0.6 is 0 Å². The molecule has 2 aromatic heterocycles. The van der Waals surface area contributed by atoms with Gasteiger partial charge < -0.3 is 15.7 Å². The Balaban J connectivity index is 1.89. The van der Waals surface area contributed by atoms with Crippen molar-refractivity contribution in [2.45, 2.75) is 51.2 Å². The van der Waals surface area contributed by atoms with Crippen LogP contribution in [0.3, 0.4) is 0 Å². The molecule has 2 atom stereocenters. The highest BCUT2D eigenvalue weighted by Gasteiger charge is 2.23. The van der Waals surface area contributed by atoms with Gasteiger partial charge in [-0.15, -0.1) is 0 Å². The van der Waals surface area contributed by atoms with E-state index in [0.717, 1.165) is 43.4 Å². The van der Waals surface area contributed by atoms with Gasteiger partial charge in [0, 0.05) is 6.54 Å². The highest BCUT2D eigenvalue weighted by Crippen LogP contribution is 2.25. The zero-order chi connectivity index (χ0) is 14.7. The van der Waals surface area contributed by atoms with Gasteiger partial charge in [-0.2, -0.15) is 15.1 Å². The first-order valence-electron chi connectivity index (χ1n) is 7.67. The monoisotopic (exact) mass is 290 g/mol. The summed E-state index contributed by atoms with van der Waals surface area (Å²) in [5.41, 5.74) is 0.701. The Bertz CT molecular complexity index is 598. The minimum absolute atomic E-state index is 0.0370. The third kappa shape index (κ3) is 3.07. The molecule has 3 rings (SSSR count). The van der Waals surface area contributed by atoms with Crippen molar-refractivity contribution in [1.82, 2.24) is 20.2 Å². The Morgan fingerprint density at radius 3 is 3.00 bits per heavy atom. The second-order valence-electron chi connectivity index (χ2n) is 5.51. The van der Waals surface area contributed by atoms with E-state index < -0.39 is 0 Å². The normalized spacial score (nSPS) is 23.0. The van der Waals surface area contributed by atoms with Gasteiger partial charge in [0.1, 0.15) is 5.82 Å². The maximum Gasteiger partial charge on any atom is 0.226 e. The first-order valence-corrected chi connectivity index (χ1v) is 7.67. The largest absolute Gasteiger partial charge is 0.391 e. The lowest BCUT2D eigenvalue weighted by Gasteiger charge is -2.22. The van der Waals surface area contributed by atoms with Crippen LogP contribution in [-0.4, -0.2) is 44.0 Å². The van der Waals surface area contributed by atoms with E-state index >= 15 is 0 Å². The molecular formula is C14H22N6O. The molecule has 2 unspecified atom stereocenters. The van der Waals surface area contributed by atoms with Crippen molar-refractivity contribution in [2.75, 3.05) is 17.2 Å². The van der Waals surface area contributed by atoms with Crippen molar-refractivity contribution in [1.29, 1.82) is 0 Å². The molecule has 1 fully saturated rings. The highest BCUT2D eigenvalue weighted by molar-refractivity contribution is 5.87. The Morgan fingerprint density at radius 2 is 2.14 bits per heavy atom. The molecule has 0 aromatic carbocycles. The SMILES string of the molecule is CCNc1nc(NC2CCCCCC2O)c2cn[nH]c2n1. The van der Waals surface area contributed by atoms with E-state index in [-0.39, 0.29) is 12.1 Å². The summed E-state index contributed by atoms with van der Waals surface area (Å²) in [6.07, 6.45) is 6.60. The number of anilines is 2. The van der Waals surface area contributed by atoms with Gasteiger partial charge in [0.2, 0.25) is 5.95 Å². The van der Waals surface area contributed by atoms with E-state index in [1.54, 1.807) is 6.20 Å². The lowest BCUT2D eigenvalue weighted by atomic mass is 10.1. The molecule has 21 heavy (non-hydrogen) atoms. The quantitative estimate of drug-likeness (QED) is 0.642. The summed E-state index contributed by atoms with van der Waals surface area (Å²) >= 11 is 0. The lowest BCUT2D eigenvalue weighted by molar-refractivity contribution is 0.144. The third-order valence-electron chi connectivity index (χ3n) is 3.95. The van der Waals surface area contributed by atoms with E-state index in [2.05, 4.69) is 30.8 Å². The fourth-order valence-electron chi connectivity index (χ4n) is 2.81. The van der Waals surface area contributed by atoms with Gasteiger partial charge in [-0.3, -0.25) is 5.10 Å². The Hall–Kier alpha value is -1.89. The fourth-order valence-corrected chi connectivity index (χ4v) is 2.81. The smallest absolute Gasteiger partial charge is 0.226 e. The van der Waals surface area contributed by atoms with Gasteiger partial charge >= 0.3 is 0 Å². The zero-order valence-electron chi connectivity index (χ0n) is 12.3. The molecule has 0 bridgehead atoms. The number of H-pyrrole nitrogens is 1. The number of fused-ring (bicyclic) bond motifs is 1. The van der Waals surface area contributed by atoms with Crippen molar-refractivity contribution in [3.8, 4) is 0 Å². The number of hydrogen-bond donors (Lipinski definition) is 4. The van der Waals surface area contributed by atoms with Crippen LogP contribution in [0.5, 0.6) is 0 Å². The van der Waals surface area contributed by atoms with Crippen LogP contribution < -0.4 is 10.6 Å². The van der Waals surface area contributed by atoms with Crippen LogP contribution in [0.2, 0.25) is 0 Å². The molecule has 7 heteroatoms. The molecule has 0 spiro atoms. The second-order valence-corrected chi connectivity index (χ2v) is 5.51. The maximum atomic E-state index is 10.3. The number of aliphatic hydroxyl groups excluding tert-OH is 1. The predicted molar refractivity (Wildman–Crippen MR) is 82.3 cm³/mol. The summed E-state index contributed by atoms with van der Waals surface area (Å²) in [6.45, 7) is 2.76. The summed E-state index contributed by atoms with van der Waals surface area (Å²) in [6, 6.07) is 0.0370.